The van der Waals surface area contributed by atoms with E-state index < -0.39 is 5.60 Å². The van der Waals surface area contributed by atoms with Gasteiger partial charge in [-0.3, -0.25) is 4.98 Å². The highest BCUT2D eigenvalue weighted by molar-refractivity contribution is 5.30. The van der Waals surface area contributed by atoms with Crippen LogP contribution in [0.4, 0.5) is 0 Å². The minimum atomic E-state index is -0.956. The van der Waals surface area contributed by atoms with Gasteiger partial charge in [0.2, 0.25) is 0 Å². The summed E-state index contributed by atoms with van der Waals surface area (Å²) in [5, 5.41) is 18.4. The number of benzene rings is 1. The van der Waals surface area contributed by atoms with E-state index in [1.165, 1.54) is 0 Å². The van der Waals surface area contributed by atoms with Crippen LogP contribution in [0.25, 0.3) is 0 Å². The number of hydrogen-bond acceptors (Lipinski definition) is 4. The third-order valence-corrected chi connectivity index (χ3v) is 3.07. The van der Waals surface area contributed by atoms with E-state index in [1.54, 1.807) is 13.1 Å². The van der Waals surface area contributed by atoms with E-state index in [9.17, 15) is 10.2 Å². The topological polar surface area (TPSA) is 62.6 Å². The van der Waals surface area contributed by atoms with Gasteiger partial charge in [-0.2, -0.15) is 0 Å². The maximum absolute atomic E-state index is 9.20. The van der Waals surface area contributed by atoms with Gasteiger partial charge in [-0.15, -0.1) is 0 Å². The highest BCUT2D eigenvalue weighted by Crippen LogP contribution is 2.19. The molecule has 2 N–H and O–H groups in total. The van der Waals surface area contributed by atoms with E-state index in [4.69, 9.17) is 4.74 Å². The molecule has 4 heteroatoms. The molecule has 0 saturated carbocycles. The summed E-state index contributed by atoms with van der Waals surface area (Å²) in [6, 6.07) is 13.4. The average Bonchev–Trinajstić information content (AvgIpc) is 2.50. The van der Waals surface area contributed by atoms with Gasteiger partial charge in [-0.05, 0) is 36.8 Å². The van der Waals surface area contributed by atoms with Crippen molar-refractivity contribution < 1.29 is 14.9 Å². The Bertz CT molecular complexity index is 521. The molecule has 1 heterocycles. The van der Waals surface area contributed by atoms with Crippen molar-refractivity contribution in [2.24, 2.45) is 0 Å². The smallest absolute Gasteiger partial charge is 0.152 e. The fourth-order valence-electron chi connectivity index (χ4n) is 1.79. The van der Waals surface area contributed by atoms with Crippen LogP contribution in [0.3, 0.4) is 0 Å². The molecular formula is C16H19NO3. The van der Waals surface area contributed by atoms with Crippen LogP contribution in [0.2, 0.25) is 0 Å². The minimum Gasteiger partial charge on any atom is -0.483 e. The number of rotatable bonds is 6. The van der Waals surface area contributed by atoms with Gasteiger partial charge in [0.05, 0.1) is 13.2 Å². The van der Waals surface area contributed by atoms with Crippen molar-refractivity contribution in [3.05, 3.63) is 59.9 Å². The van der Waals surface area contributed by atoms with E-state index in [-0.39, 0.29) is 13.2 Å². The van der Waals surface area contributed by atoms with Gasteiger partial charge in [0.1, 0.15) is 5.75 Å². The predicted octanol–water partition coefficient (Wildman–Crippen LogP) is 1.79. The quantitative estimate of drug-likeness (QED) is 0.842. The molecule has 0 bridgehead atoms. The third-order valence-electron chi connectivity index (χ3n) is 3.07. The molecule has 0 amide bonds. The van der Waals surface area contributed by atoms with Crippen LogP contribution in [0.15, 0.2) is 48.7 Å². The predicted molar refractivity (Wildman–Crippen MR) is 76.7 cm³/mol. The summed E-state index contributed by atoms with van der Waals surface area (Å²) in [7, 11) is 0. The van der Waals surface area contributed by atoms with Gasteiger partial charge in [0.15, 0.2) is 5.60 Å². The lowest BCUT2D eigenvalue weighted by molar-refractivity contribution is -0.0194. The Kier molecular flexibility index (Phi) is 4.71. The van der Waals surface area contributed by atoms with Crippen LogP contribution >= 0.6 is 0 Å². The second-order valence-electron chi connectivity index (χ2n) is 5.01. The fourth-order valence-corrected chi connectivity index (χ4v) is 1.79. The Labute approximate surface area is 118 Å². The van der Waals surface area contributed by atoms with Gasteiger partial charge in [0, 0.05) is 18.3 Å². The number of aliphatic hydroxyl groups excluding tert-OH is 2. The van der Waals surface area contributed by atoms with Crippen molar-refractivity contribution in [2.75, 3.05) is 13.2 Å². The first-order valence-electron chi connectivity index (χ1n) is 6.55. The van der Waals surface area contributed by atoms with Crippen LogP contribution in [-0.2, 0) is 6.42 Å². The Morgan fingerprint density at radius 2 is 1.75 bits per heavy atom. The second-order valence-corrected chi connectivity index (χ2v) is 5.01. The molecular weight excluding hydrogens is 254 g/mol. The van der Waals surface area contributed by atoms with Gasteiger partial charge < -0.3 is 14.9 Å². The number of aromatic nitrogens is 1. The molecule has 2 aromatic rings. The highest BCUT2D eigenvalue weighted by Gasteiger charge is 2.24. The van der Waals surface area contributed by atoms with E-state index in [0.29, 0.717) is 5.75 Å². The average molecular weight is 273 g/mol. The molecule has 106 valence electrons. The summed E-state index contributed by atoms with van der Waals surface area (Å²) in [5.41, 5.74) is 1.19. The molecule has 20 heavy (non-hydrogen) atoms. The molecule has 0 spiro atoms. The summed E-state index contributed by atoms with van der Waals surface area (Å²) in [6.45, 7) is 1.19. The Balaban J connectivity index is 2.03. The van der Waals surface area contributed by atoms with Crippen molar-refractivity contribution in [1.29, 1.82) is 0 Å². The van der Waals surface area contributed by atoms with Crippen molar-refractivity contribution in [3.8, 4) is 5.75 Å². The standard InChI is InChI=1S/C16H19NO3/c1-16(11-18,12-19)20-15-7-5-13(6-8-15)10-14-4-2-3-9-17-14/h2-9,18-19H,10-12H2,1H3. The van der Waals surface area contributed by atoms with E-state index in [1.807, 2.05) is 42.5 Å². The first-order chi connectivity index (χ1) is 9.65. The zero-order valence-corrected chi connectivity index (χ0v) is 11.5. The molecule has 4 nitrogen and oxygen atoms in total. The SMILES string of the molecule is CC(CO)(CO)Oc1ccc(Cc2ccccn2)cc1. The molecule has 0 atom stereocenters. The van der Waals surface area contributed by atoms with Crippen LogP contribution in [0.5, 0.6) is 5.75 Å². The molecule has 1 aromatic heterocycles. The fraction of sp³-hybridized carbons (Fsp3) is 0.312. The van der Waals surface area contributed by atoms with E-state index in [0.717, 1.165) is 17.7 Å². The van der Waals surface area contributed by atoms with Crippen molar-refractivity contribution >= 4 is 0 Å². The van der Waals surface area contributed by atoms with Gasteiger partial charge >= 0.3 is 0 Å². The third kappa shape index (κ3) is 3.79. The maximum Gasteiger partial charge on any atom is 0.152 e. The van der Waals surface area contributed by atoms with Crippen LogP contribution in [0, 0.1) is 0 Å². The zero-order valence-electron chi connectivity index (χ0n) is 11.5. The van der Waals surface area contributed by atoms with Crippen LogP contribution < -0.4 is 4.74 Å². The molecule has 0 aliphatic heterocycles. The summed E-state index contributed by atoms with van der Waals surface area (Å²) in [4.78, 5) is 4.29. The second kappa shape index (κ2) is 6.50. The van der Waals surface area contributed by atoms with Crippen LogP contribution in [-0.4, -0.2) is 34.0 Å². The van der Waals surface area contributed by atoms with Crippen molar-refractivity contribution in [2.45, 2.75) is 18.9 Å². The maximum atomic E-state index is 9.20. The van der Waals surface area contributed by atoms with Crippen molar-refractivity contribution in [3.63, 3.8) is 0 Å². The molecule has 0 saturated heterocycles. The molecule has 1 aromatic carbocycles. The Morgan fingerprint density at radius 3 is 2.30 bits per heavy atom. The summed E-state index contributed by atoms with van der Waals surface area (Å²) < 4.78 is 5.59. The Hall–Kier alpha value is -1.91. The van der Waals surface area contributed by atoms with Gasteiger partial charge in [0.25, 0.3) is 0 Å². The normalized spacial score (nSPS) is 11.3. The van der Waals surface area contributed by atoms with Gasteiger partial charge in [-0.25, -0.2) is 0 Å². The monoisotopic (exact) mass is 273 g/mol. The lowest BCUT2D eigenvalue weighted by Gasteiger charge is -2.26. The number of aliphatic hydroxyl groups is 2. The minimum absolute atomic E-state index is 0.237. The number of hydrogen-bond donors (Lipinski definition) is 2. The molecule has 2 rings (SSSR count). The molecule has 0 radical (unpaired) electrons. The summed E-state index contributed by atoms with van der Waals surface area (Å²) in [6.07, 6.45) is 2.54. The lowest BCUT2D eigenvalue weighted by Crippen LogP contribution is -2.40. The van der Waals surface area contributed by atoms with E-state index >= 15 is 0 Å². The first-order valence-corrected chi connectivity index (χ1v) is 6.55. The zero-order chi connectivity index (χ0) is 14.4. The van der Waals surface area contributed by atoms with Crippen LogP contribution in [0.1, 0.15) is 18.2 Å². The summed E-state index contributed by atoms with van der Waals surface area (Å²) >= 11 is 0. The van der Waals surface area contributed by atoms with E-state index in [2.05, 4.69) is 4.98 Å². The molecule has 0 aliphatic carbocycles. The number of ether oxygens (including phenoxy) is 1. The molecule has 0 aliphatic rings. The molecule has 0 fully saturated rings. The summed E-state index contributed by atoms with van der Waals surface area (Å²) in [5.74, 6) is 0.625. The number of pyridine rings is 1. The Morgan fingerprint density at radius 1 is 1.05 bits per heavy atom. The lowest BCUT2D eigenvalue weighted by atomic mass is 10.1. The molecule has 0 unspecified atom stereocenters. The number of nitrogens with zero attached hydrogens (tertiary/aromatic N) is 1. The first kappa shape index (κ1) is 14.5. The van der Waals surface area contributed by atoms with Crippen molar-refractivity contribution in [1.82, 2.24) is 4.98 Å². The largest absolute Gasteiger partial charge is 0.483 e. The van der Waals surface area contributed by atoms with Gasteiger partial charge in [-0.1, -0.05) is 18.2 Å². The highest BCUT2D eigenvalue weighted by atomic mass is 16.5.